The van der Waals surface area contributed by atoms with Crippen LogP contribution in [0, 0.1) is 5.92 Å². The fourth-order valence-corrected chi connectivity index (χ4v) is 0.740. The molecule has 11 heavy (non-hydrogen) atoms. The molecule has 0 aromatic carbocycles. The van der Waals surface area contributed by atoms with Crippen molar-refractivity contribution >= 4 is 0 Å². The molecular weight excluding hydrogens is 134 g/mol. The zero-order valence-electron chi connectivity index (χ0n) is 8.22. The summed E-state index contributed by atoms with van der Waals surface area (Å²) in [5.74, 6) is 0.726. The van der Waals surface area contributed by atoms with Crippen LogP contribution in [0.25, 0.3) is 0 Å². The van der Waals surface area contributed by atoms with E-state index in [1.807, 2.05) is 0 Å². The molecular formula is C10H21N. The van der Waals surface area contributed by atoms with Crippen LogP contribution in [0.3, 0.4) is 0 Å². The van der Waals surface area contributed by atoms with Gasteiger partial charge in [0.2, 0.25) is 0 Å². The first-order chi connectivity index (χ1) is 5.16. The zero-order chi connectivity index (χ0) is 8.69. The van der Waals surface area contributed by atoms with Gasteiger partial charge in [0.25, 0.3) is 0 Å². The summed E-state index contributed by atoms with van der Waals surface area (Å²) in [5, 5.41) is 3.34. The molecule has 0 radical (unpaired) electrons. The average Bonchev–Trinajstić information content (AvgIpc) is 1.97. The fourth-order valence-electron chi connectivity index (χ4n) is 0.740. The summed E-state index contributed by atoms with van der Waals surface area (Å²) in [4.78, 5) is 0. The zero-order valence-corrected chi connectivity index (χ0v) is 8.22. The lowest BCUT2D eigenvalue weighted by molar-refractivity contribution is 0.627. The van der Waals surface area contributed by atoms with Crippen molar-refractivity contribution in [3.63, 3.8) is 0 Å². The van der Waals surface area contributed by atoms with Crippen LogP contribution in [0.5, 0.6) is 0 Å². The molecule has 1 N–H and O–H groups in total. The van der Waals surface area contributed by atoms with Gasteiger partial charge in [-0.15, -0.1) is 0 Å². The molecule has 0 aromatic rings. The van der Waals surface area contributed by atoms with Crippen molar-refractivity contribution in [3.05, 3.63) is 12.2 Å². The van der Waals surface area contributed by atoms with E-state index >= 15 is 0 Å². The maximum absolute atomic E-state index is 3.34. The molecule has 0 aliphatic rings. The van der Waals surface area contributed by atoms with Gasteiger partial charge >= 0.3 is 0 Å². The topological polar surface area (TPSA) is 12.0 Å². The van der Waals surface area contributed by atoms with Gasteiger partial charge in [-0.1, -0.05) is 46.3 Å². The van der Waals surface area contributed by atoms with Crippen molar-refractivity contribution in [3.8, 4) is 0 Å². The van der Waals surface area contributed by atoms with Gasteiger partial charge in [0, 0.05) is 12.6 Å². The highest BCUT2D eigenvalue weighted by Gasteiger charge is 1.90. The molecule has 1 unspecified atom stereocenters. The lowest BCUT2D eigenvalue weighted by Crippen LogP contribution is -2.22. The van der Waals surface area contributed by atoms with Crippen molar-refractivity contribution in [2.75, 3.05) is 6.54 Å². The molecule has 1 atom stereocenters. The van der Waals surface area contributed by atoms with Crippen molar-refractivity contribution in [2.24, 2.45) is 5.92 Å². The highest BCUT2D eigenvalue weighted by molar-refractivity contribution is 4.87. The third-order valence-corrected chi connectivity index (χ3v) is 1.75. The molecule has 0 heterocycles. The highest BCUT2D eigenvalue weighted by atomic mass is 14.9. The molecule has 1 nitrogen and oxygen atoms in total. The van der Waals surface area contributed by atoms with Crippen molar-refractivity contribution in [1.29, 1.82) is 0 Å². The Balaban J connectivity index is 3.29. The second-order valence-electron chi connectivity index (χ2n) is 3.38. The minimum atomic E-state index is 0.594. The Kier molecular flexibility index (Phi) is 6.24. The summed E-state index contributed by atoms with van der Waals surface area (Å²) in [7, 11) is 0. The third-order valence-electron chi connectivity index (χ3n) is 1.75. The summed E-state index contributed by atoms with van der Waals surface area (Å²) < 4.78 is 0. The van der Waals surface area contributed by atoms with E-state index < -0.39 is 0 Å². The van der Waals surface area contributed by atoms with Gasteiger partial charge in [-0.05, 0) is 5.92 Å². The Bertz CT molecular complexity index is 105. The van der Waals surface area contributed by atoms with E-state index in [9.17, 15) is 0 Å². The Morgan fingerprint density at radius 3 is 2.36 bits per heavy atom. The van der Waals surface area contributed by atoms with Crippen LogP contribution in [0.15, 0.2) is 12.2 Å². The molecule has 1 heteroatoms. The van der Waals surface area contributed by atoms with E-state index in [1.165, 1.54) is 6.42 Å². The molecule has 0 aliphatic heterocycles. The summed E-state index contributed by atoms with van der Waals surface area (Å²) >= 11 is 0. The van der Waals surface area contributed by atoms with Gasteiger partial charge in [0.15, 0.2) is 0 Å². The number of hydrogen-bond donors (Lipinski definition) is 1. The molecule has 0 amide bonds. The van der Waals surface area contributed by atoms with Crippen LogP contribution in [0.2, 0.25) is 0 Å². The SMILES string of the molecule is CCC(C)C=CCNC(C)C. The van der Waals surface area contributed by atoms with Gasteiger partial charge in [-0.2, -0.15) is 0 Å². The normalized spacial score (nSPS) is 14.6. The average molecular weight is 155 g/mol. The predicted molar refractivity (Wildman–Crippen MR) is 51.7 cm³/mol. The molecule has 0 rings (SSSR count). The molecule has 0 fully saturated rings. The molecule has 0 bridgehead atoms. The second-order valence-corrected chi connectivity index (χ2v) is 3.38. The summed E-state index contributed by atoms with van der Waals surface area (Å²) in [6, 6.07) is 0.594. The lowest BCUT2D eigenvalue weighted by atomic mass is 10.1. The quantitative estimate of drug-likeness (QED) is 0.602. The van der Waals surface area contributed by atoms with Crippen LogP contribution < -0.4 is 5.32 Å². The Morgan fingerprint density at radius 2 is 1.91 bits per heavy atom. The Labute approximate surface area is 70.9 Å². The minimum absolute atomic E-state index is 0.594. The lowest BCUT2D eigenvalue weighted by Gasteiger charge is -2.04. The first kappa shape index (κ1) is 10.7. The van der Waals surface area contributed by atoms with Gasteiger partial charge in [0.1, 0.15) is 0 Å². The smallest absolute Gasteiger partial charge is 0.0137 e. The monoisotopic (exact) mass is 155 g/mol. The molecule has 66 valence electrons. The van der Waals surface area contributed by atoms with Crippen molar-refractivity contribution < 1.29 is 0 Å². The number of allylic oxidation sites excluding steroid dienone is 1. The largest absolute Gasteiger partial charge is 0.311 e. The van der Waals surface area contributed by atoms with E-state index in [-0.39, 0.29) is 0 Å². The van der Waals surface area contributed by atoms with E-state index in [1.54, 1.807) is 0 Å². The number of nitrogens with one attached hydrogen (secondary N) is 1. The molecule has 0 aliphatic carbocycles. The fraction of sp³-hybridized carbons (Fsp3) is 0.800. The van der Waals surface area contributed by atoms with Crippen LogP contribution in [0.1, 0.15) is 34.1 Å². The van der Waals surface area contributed by atoms with Crippen LogP contribution in [-0.4, -0.2) is 12.6 Å². The van der Waals surface area contributed by atoms with Gasteiger partial charge in [-0.3, -0.25) is 0 Å². The molecule has 0 spiro atoms. The molecule has 0 aromatic heterocycles. The van der Waals surface area contributed by atoms with Gasteiger partial charge in [-0.25, -0.2) is 0 Å². The van der Waals surface area contributed by atoms with Crippen molar-refractivity contribution in [1.82, 2.24) is 5.32 Å². The van der Waals surface area contributed by atoms with Crippen LogP contribution >= 0.6 is 0 Å². The summed E-state index contributed by atoms with van der Waals surface area (Å²) in [6.45, 7) is 9.78. The first-order valence-corrected chi connectivity index (χ1v) is 4.56. The maximum Gasteiger partial charge on any atom is 0.0137 e. The van der Waals surface area contributed by atoms with E-state index in [0.717, 1.165) is 12.5 Å². The van der Waals surface area contributed by atoms with Crippen molar-refractivity contribution in [2.45, 2.75) is 40.2 Å². The first-order valence-electron chi connectivity index (χ1n) is 4.56. The van der Waals surface area contributed by atoms with Crippen LogP contribution in [-0.2, 0) is 0 Å². The Hall–Kier alpha value is -0.300. The number of hydrogen-bond acceptors (Lipinski definition) is 1. The highest BCUT2D eigenvalue weighted by Crippen LogP contribution is 2.00. The van der Waals surface area contributed by atoms with E-state index in [4.69, 9.17) is 0 Å². The molecule has 0 saturated heterocycles. The predicted octanol–water partition coefficient (Wildman–Crippen LogP) is 2.59. The number of rotatable bonds is 5. The standard InChI is InChI=1S/C10H21N/c1-5-10(4)7-6-8-11-9(2)3/h6-7,9-11H,5,8H2,1-4H3. The Morgan fingerprint density at radius 1 is 1.27 bits per heavy atom. The van der Waals surface area contributed by atoms with Crippen LogP contribution in [0.4, 0.5) is 0 Å². The maximum atomic E-state index is 3.34. The van der Waals surface area contributed by atoms with Gasteiger partial charge in [0.05, 0.1) is 0 Å². The summed E-state index contributed by atoms with van der Waals surface area (Å²) in [5.41, 5.74) is 0. The van der Waals surface area contributed by atoms with E-state index in [0.29, 0.717) is 6.04 Å². The minimum Gasteiger partial charge on any atom is -0.311 e. The van der Waals surface area contributed by atoms with E-state index in [2.05, 4.69) is 45.2 Å². The second kappa shape index (κ2) is 6.41. The summed E-state index contributed by atoms with van der Waals surface area (Å²) in [6.07, 6.45) is 5.72. The van der Waals surface area contributed by atoms with Gasteiger partial charge < -0.3 is 5.32 Å². The third kappa shape index (κ3) is 7.60. The molecule has 0 saturated carbocycles.